The van der Waals surface area contributed by atoms with E-state index in [4.69, 9.17) is 4.52 Å². The molecule has 29 heavy (non-hydrogen) atoms. The Hall–Kier alpha value is -3.11. The third-order valence-electron chi connectivity index (χ3n) is 5.46. The summed E-state index contributed by atoms with van der Waals surface area (Å²) in [6.45, 7) is 6.85. The zero-order chi connectivity index (χ0) is 20.0. The predicted octanol–water partition coefficient (Wildman–Crippen LogP) is 0.590. The number of hydrogen-bond donors (Lipinski definition) is 0. The fraction of sp³-hybridized carbons (Fsp3) is 0.421. The van der Waals surface area contributed by atoms with Crippen LogP contribution in [-0.2, 0) is 20.1 Å². The lowest BCUT2D eigenvalue weighted by atomic mass is 10.2. The van der Waals surface area contributed by atoms with Crippen molar-refractivity contribution in [2.24, 2.45) is 7.05 Å². The molecule has 10 heteroatoms. The van der Waals surface area contributed by atoms with Crippen molar-refractivity contribution < 1.29 is 4.52 Å². The lowest BCUT2D eigenvalue weighted by Gasteiger charge is -2.33. The average Bonchev–Trinajstić information content (AvgIpc) is 3.34. The second-order valence-electron chi connectivity index (χ2n) is 7.41. The highest BCUT2D eigenvalue weighted by molar-refractivity contribution is 5.80. The standard InChI is InChI=1S/C19H22N8O2/c1-13-20-16(23-29-13)11-25-7-9-26(10-8-25)12-17-21-22-19-24(2)18(28)14-5-3-4-6-15(14)27(17)19/h3-6H,7-12H2,1-2H3. The van der Waals surface area contributed by atoms with Crippen molar-refractivity contribution in [2.75, 3.05) is 26.2 Å². The summed E-state index contributed by atoms with van der Waals surface area (Å²) in [7, 11) is 1.74. The number of piperazine rings is 1. The molecule has 0 saturated carbocycles. The maximum Gasteiger partial charge on any atom is 0.262 e. The van der Waals surface area contributed by atoms with Gasteiger partial charge in [-0.1, -0.05) is 17.3 Å². The Kier molecular flexibility index (Phi) is 4.36. The first-order valence-corrected chi connectivity index (χ1v) is 9.66. The van der Waals surface area contributed by atoms with Gasteiger partial charge in [0.1, 0.15) is 0 Å². The Balaban J connectivity index is 1.36. The van der Waals surface area contributed by atoms with Crippen LogP contribution in [0.3, 0.4) is 0 Å². The fourth-order valence-corrected chi connectivity index (χ4v) is 3.91. The van der Waals surface area contributed by atoms with Crippen LogP contribution in [0.4, 0.5) is 0 Å². The van der Waals surface area contributed by atoms with E-state index >= 15 is 0 Å². The van der Waals surface area contributed by atoms with Crippen LogP contribution in [0.2, 0.25) is 0 Å². The number of fused-ring (bicyclic) bond motifs is 3. The van der Waals surface area contributed by atoms with Crippen LogP contribution >= 0.6 is 0 Å². The lowest BCUT2D eigenvalue weighted by Crippen LogP contribution is -2.45. The molecule has 0 spiro atoms. The topological polar surface area (TPSA) is 97.6 Å². The number of rotatable bonds is 4. The largest absolute Gasteiger partial charge is 0.340 e. The molecule has 0 atom stereocenters. The number of nitrogens with zero attached hydrogens (tertiary/aromatic N) is 8. The van der Waals surface area contributed by atoms with E-state index in [0.29, 0.717) is 30.1 Å². The molecular formula is C19H22N8O2. The summed E-state index contributed by atoms with van der Waals surface area (Å²) in [6.07, 6.45) is 0. The van der Waals surface area contributed by atoms with Crippen molar-refractivity contribution in [3.8, 4) is 0 Å². The van der Waals surface area contributed by atoms with Gasteiger partial charge in [0.15, 0.2) is 11.6 Å². The molecule has 0 N–H and O–H groups in total. The van der Waals surface area contributed by atoms with Crippen molar-refractivity contribution in [1.82, 2.24) is 39.1 Å². The molecule has 1 saturated heterocycles. The smallest absolute Gasteiger partial charge is 0.262 e. The van der Waals surface area contributed by atoms with E-state index in [2.05, 4.69) is 30.1 Å². The second kappa shape index (κ2) is 7.05. The van der Waals surface area contributed by atoms with Gasteiger partial charge in [-0.05, 0) is 12.1 Å². The highest BCUT2D eigenvalue weighted by Crippen LogP contribution is 2.16. The number of aromatic nitrogens is 6. The highest BCUT2D eigenvalue weighted by Gasteiger charge is 2.21. The first-order chi connectivity index (χ1) is 14.1. The molecule has 150 valence electrons. The third kappa shape index (κ3) is 3.19. The monoisotopic (exact) mass is 394 g/mol. The molecule has 0 unspecified atom stereocenters. The van der Waals surface area contributed by atoms with E-state index in [1.807, 2.05) is 28.7 Å². The van der Waals surface area contributed by atoms with Crippen molar-refractivity contribution in [3.05, 3.63) is 52.2 Å². The molecular weight excluding hydrogens is 372 g/mol. The normalized spacial score (nSPS) is 16.2. The van der Waals surface area contributed by atoms with Crippen molar-refractivity contribution >= 4 is 16.7 Å². The summed E-state index contributed by atoms with van der Waals surface area (Å²) in [6, 6.07) is 7.61. The minimum atomic E-state index is -0.0580. The summed E-state index contributed by atoms with van der Waals surface area (Å²) < 4.78 is 8.60. The van der Waals surface area contributed by atoms with Crippen molar-refractivity contribution in [3.63, 3.8) is 0 Å². The van der Waals surface area contributed by atoms with Gasteiger partial charge in [-0.2, -0.15) is 4.98 Å². The van der Waals surface area contributed by atoms with Crippen LogP contribution in [0.5, 0.6) is 0 Å². The van der Waals surface area contributed by atoms with Gasteiger partial charge in [-0.25, -0.2) is 0 Å². The summed E-state index contributed by atoms with van der Waals surface area (Å²) >= 11 is 0. The second-order valence-corrected chi connectivity index (χ2v) is 7.41. The average molecular weight is 394 g/mol. The molecule has 10 nitrogen and oxygen atoms in total. The Morgan fingerprint density at radius 2 is 1.76 bits per heavy atom. The van der Waals surface area contributed by atoms with Crippen LogP contribution in [0.1, 0.15) is 17.5 Å². The first-order valence-electron chi connectivity index (χ1n) is 9.66. The fourth-order valence-electron chi connectivity index (χ4n) is 3.91. The quantitative estimate of drug-likeness (QED) is 0.496. The molecule has 1 fully saturated rings. The minimum Gasteiger partial charge on any atom is -0.340 e. The SMILES string of the molecule is Cc1nc(CN2CCN(Cc3nnc4n(C)c(=O)c5ccccc5n34)CC2)no1. The van der Waals surface area contributed by atoms with Crippen LogP contribution in [0, 0.1) is 6.92 Å². The summed E-state index contributed by atoms with van der Waals surface area (Å²) in [4.78, 5) is 21.5. The third-order valence-corrected chi connectivity index (χ3v) is 5.46. The number of para-hydroxylation sites is 1. The first kappa shape index (κ1) is 18.0. The molecule has 0 aliphatic carbocycles. The maximum absolute atomic E-state index is 12.6. The molecule has 5 rings (SSSR count). The Labute approximate surface area is 166 Å². The van der Waals surface area contributed by atoms with Crippen LogP contribution in [0.25, 0.3) is 16.7 Å². The van der Waals surface area contributed by atoms with Crippen LogP contribution in [-0.4, -0.2) is 65.3 Å². The maximum atomic E-state index is 12.6. The van der Waals surface area contributed by atoms with E-state index in [0.717, 1.165) is 43.3 Å². The molecule has 0 radical (unpaired) electrons. The molecule has 0 bridgehead atoms. The Morgan fingerprint density at radius 1 is 1.03 bits per heavy atom. The number of aryl methyl sites for hydroxylation is 2. The van der Waals surface area contributed by atoms with Crippen LogP contribution < -0.4 is 5.56 Å². The Bertz CT molecular complexity index is 1230. The van der Waals surface area contributed by atoms with Crippen molar-refractivity contribution in [2.45, 2.75) is 20.0 Å². The molecule has 4 aromatic rings. The van der Waals surface area contributed by atoms with Gasteiger partial charge in [0.25, 0.3) is 5.56 Å². The molecule has 0 amide bonds. The van der Waals surface area contributed by atoms with Gasteiger partial charge in [0.2, 0.25) is 11.7 Å². The molecule has 1 aliphatic heterocycles. The van der Waals surface area contributed by atoms with E-state index in [1.165, 1.54) is 0 Å². The van der Waals surface area contributed by atoms with Gasteiger partial charge in [-0.3, -0.25) is 23.6 Å². The number of hydrogen-bond acceptors (Lipinski definition) is 8. The number of benzene rings is 1. The summed E-state index contributed by atoms with van der Waals surface area (Å²) in [5, 5.41) is 13.3. The van der Waals surface area contributed by atoms with Gasteiger partial charge in [0, 0.05) is 40.2 Å². The summed E-state index contributed by atoms with van der Waals surface area (Å²) in [5.74, 6) is 2.73. The van der Waals surface area contributed by atoms with E-state index in [1.54, 1.807) is 18.5 Å². The highest BCUT2D eigenvalue weighted by atomic mass is 16.5. The predicted molar refractivity (Wildman–Crippen MR) is 105 cm³/mol. The molecule has 3 aromatic heterocycles. The van der Waals surface area contributed by atoms with E-state index in [-0.39, 0.29) is 5.56 Å². The molecule has 4 heterocycles. The summed E-state index contributed by atoms with van der Waals surface area (Å²) in [5.41, 5.74) is 0.786. The zero-order valence-corrected chi connectivity index (χ0v) is 16.4. The van der Waals surface area contributed by atoms with Gasteiger partial charge >= 0.3 is 0 Å². The Morgan fingerprint density at radius 3 is 2.48 bits per heavy atom. The van der Waals surface area contributed by atoms with Crippen molar-refractivity contribution in [1.29, 1.82) is 0 Å². The minimum absolute atomic E-state index is 0.0580. The molecule has 1 aromatic carbocycles. The van der Waals surface area contributed by atoms with Crippen LogP contribution in [0.15, 0.2) is 33.6 Å². The zero-order valence-electron chi connectivity index (χ0n) is 16.4. The van der Waals surface area contributed by atoms with Gasteiger partial charge in [-0.15, -0.1) is 10.2 Å². The van der Waals surface area contributed by atoms with E-state index in [9.17, 15) is 4.79 Å². The lowest BCUT2D eigenvalue weighted by molar-refractivity contribution is 0.117. The van der Waals surface area contributed by atoms with Gasteiger partial charge in [0.05, 0.1) is 24.0 Å². The van der Waals surface area contributed by atoms with E-state index < -0.39 is 0 Å². The van der Waals surface area contributed by atoms with Gasteiger partial charge < -0.3 is 4.52 Å². The molecule has 1 aliphatic rings.